The summed E-state index contributed by atoms with van der Waals surface area (Å²) in [5.41, 5.74) is 1.81. The molecule has 1 atom stereocenters. The summed E-state index contributed by atoms with van der Waals surface area (Å²) in [5, 5.41) is 5.06. The third-order valence-corrected chi connectivity index (χ3v) is 6.07. The predicted molar refractivity (Wildman–Crippen MR) is 110 cm³/mol. The maximum Gasteiger partial charge on any atom is 0.573 e. The second-order valence-electron chi connectivity index (χ2n) is 6.82. The average molecular weight is 471 g/mol. The van der Waals surface area contributed by atoms with Gasteiger partial charge in [-0.25, -0.2) is 9.18 Å². The number of hydrogen-bond acceptors (Lipinski definition) is 3. The number of benzene rings is 2. The Hall–Kier alpha value is -2.78. The number of ether oxygens (including phenoxy) is 1. The molecule has 1 aliphatic heterocycles. The topological polar surface area (TPSA) is 41.6 Å². The van der Waals surface area contributed by atoms with E-state index >= 15 is 0 Å². The molecule has 162 valence electrons. The fourth-order valence-electron chi connectivity index (χ4n) is 3.52. The van der Waals surface area contributed by atoms with E-state index in [9.17, 15) is 22.4 Å². The molecular formula is C21H15ClF4N2O2S. The molecule has 4 nitrogen and oxygen atoms in total. The van der Waals surface area contributed by atoms with Gasteiger partial charge in [0, 0.05) is 28.2 Å². The number of urea groups is 1. The Morgan fingerprint density at radius 1 is 1.16 bits per heavy atom. The number of nitrogens with one attached hydrogen (secondary N) is 1. The highest BCUT2D eigenvalue weighted by molar-refractivity contribution is 7.10. The number of carbonyl (C=O) groups is 1. The maximum absolute atomic E-state index is 13.7. The molecule has 1 aromatic heterocycles. The van der Waals surface area contributed by atoms with E-state index in [1.165, 1.54) is 6.07 Å². The maximum atomic E-state index is 13.7. The normalized spacial score (nSPS) is 16.0. The van der Waals surface area contributed by atoms with Crippen molar-refractivity contribution in [2.45, 2.75) is 18.8 Å². The number of halogens is 5. The number of thiophene rings is 1. The number of hydrogen-bond donors (Lipinski definition) is 1. The number of anilines is 1. The molecule has 31 heavy (non-hydrogen) atoms. The molecule has 0 bridgehead atoms. The Kier molecular flexibility index (Phi) is 5.81. The standard InChI is InChI=1S/C21H15ClF4N2O2S/c22-13-3-1-12(2-4-13)19-15-8-10-31-18(15)7-9-28(19)20(29)27-14-5-6-16(23)17(11-14)30-21(24,25)26/h1-6,8,10-11,19H,7,9H2,(H,27,29). The van der Waals surface area contributed by atoms with Gasteiger partial charge in [-0.15, -0.1) is 24.5 Å². The Bertz CT molecular complexity index is 1100. The number of rotatable bonds is 3. The van der Waals surface area contributed by atoms with Crippen LogP contribution in [0.4, 0.5) is 28.0 Å². The number of alkyl halides is 3. The lowest BCUT2D eigenvalue weighted by Crippen LogP contribution is -2.42. The molecule has 4 rings (SSSR count). The minimum absolute atomic E-state index is 0.0170. The minimum atomic E-state index is -5.05. The van der Waals surface area contributed by atoms with Gasteiger partial charge in [0.1, 0.15) is 0 Å². The minimum Gasteiger partial charge on any atom is -0.403 e. The first-order valence-electron chi connectivity index (χ1n) is 9.16. The van der Waals surface area contributed by atoms with Crippen molar-refractivity contribution < 1.29 is 27.1 Å². The summed E-state index contributed by atoms with van der Waals surface area (Å²) in [4.78, 5) is 15.8. The van der Waals surface area contributed by atoms with Gasteiger partial charge in [0.15, 0.2) is 11.6 Å². The van der Waals surface area contributed by atoms with Crippen LogP contribution in [0.25, 0.3) is 0 Å². The largest absolute Gasteiger partial charge is 0.573 e. The zero-order chi connectivity index (χ0) is 22.2. The van der Waals surface area contributed by atoms with Crippen LogP contribution in [-0.2, 0) is 6.42 Å². The molecule has 2 heterocycles. The van der Waals surface area contributed by atoms with Crippen LogP contribution in [0, 0.1) is 5.82 Å². The molecule has 1 aliphatic rings. The zero-order valence-electron chi connectivity index (χ0n) is 15.7. The first-order chi connectivity index (χ1) is 14.7. The average Bonchev–Trinajstić information content (AvgIpc) is 3.18. The van der Waals surface area contributed by atoms with E-state index in [1.54, 1.807) is 28.4 Å². The quantitative estimate of drug-likeness (QED) is 0.437. The molecule has 0 aliphatic carbocycles. The highest BCUT2D eigenvalue weighted by Crippen LogP contribution is 2.38. The van der Waals surface area contributed by atoms with Crippen LogP contribution in [0.3, 0.4) is 0 Å². The van der Waals surface area contributed by atoms with Crippen LogP contribution in [0.15, 0.2) is 53.9 Å². The van der Waals surface area contributed by atoms with Crippen molar-refractivity contribution in [1.82, 2.24) is 4.90 Å². The van der Waals surface area contributed by atoms with Gasteiger partial charge < -0.3 is 15.0 Å². The molecule has 0 saturated heterocycles. The molecule has 2 amide bonds. The van der Waals surface area contributed by atoms with E-state index in [4.69, 9.17) is 11.6 Å². The third-order valence-electron chi connectivity index (χ3n) is 4.82. The fourth-order valence-corrected chi connectivity index (χ4v) is 4.55. The Morgan fingerprint density at radius 3 is 2.61 bits per heavy atom. The second kappa shape index (κ2) is 8.39. The Balaban J connectivity index is 1.61. The summed E-state index contributed by atoms with van der Waals surface area (Å²) in [6.45, 7) is 0.403. The summed E-state index contributed by atoms with van der Waals surface area (Å²) >= 11 is 7.60. The van der Waals surface area contributed by atoms with Gasteiger partial charge in [-0.3, -0.25) is 0 Å². The first kappa shape index (κ1) is 21.5. The molecule has 1 unspecified atom stereocenters. The molecule has 3 aromatic rings. The molecule has 1 N–H and O–H groups in total. The van der Waals surface area contributed by atoms with Crippen molar-refractivity contribution in [2.24, 2.45) is 0 Å². The van der Waals surface area contributed by atoms with Crippen molar-refractivity contribution in [3.05, 3.63) is 80.8 Å². The van der Waals surface area contributed by atoms with Gasteiger partial charge in [0.25, 0.3) is 0 Å². The molecule has 10 heteroatoms. The van der Waals surface area contributed by atoms with Gasteiger partial charge in [-0.2, -0.15) is 0 Å². The first-order valence-corrected chi connectivity index (χ1v) is 10.4. The van der Waals surface area contributed by atoms with Crippen molar-refractivity contribution in [2.75, 3.05) is 11.9 Å². The lowest BCUT2D eigenvalue weighted by atomic mass is 9.93. The summed E-state index contributed by atoms with van der Waals surface area (Å²) in [7, 11) is 0. The van der Waals surface area contributed by atoms with Gasteiger partial charge in [0.2, 0.25) is 0 Å². The zero-order valence-corrected chi connectivity index (χ0v) is 17.3. The Labute approximate surface area is 184 Å². The van der Waals surface area contributed by atoms with Gasteiger partial charge in [0.05, 0.1) is 6.04 Å². The van der Waals surface area contributed by atoms with Crippen LogP contribution >= 0.6 is 22.9 Å². The summed E-state index contributed by atoms with van der Waals surface area (Å²) in [6.07, 6.45) is -4.40. The van der Waals surface area contributed by atoms with Crippen molar-refractivity contribution >= 4 is 34.7 Å². The van der Waals surface area contributed by atoms with Crippen LogP contribution < -0.4 is 10.1 Å². The molecule has 0 spiro atoms. The van der Waals surface area contributed by atoms with E-state index in [1.807, 2.05) is 23.6 Å². The van der Waals surface area contributed by atoms with Crippen molar-refractivity contribution in [3.8, 4) is 5.75 Å². The number of nitrogens with zero attached hydrogens (tertiary/aromatic N) is 1. The molecule has 2 aromatic carbocycles. The van der Waals surface area contributed by atoms with E-state index in [0.29, 0.717) is 18.0 Å². The SMILES string of the molecule is O=C(Nc1ccc(F)c(OC(F)(F)F)c1)N1CCc2sccc2C1c1ccc(Cl)cc1. The molecule has 0 radical (unpaired) electrons. The van der Waals surface area contributed by atoms with E-state index in [0.717, 1.165) is 28.1 Å². The van der Waals surface area contributed by atoms with Crippen LogP contribution in [-0.4, -0.2) is 23.8 Å². The third kappa shape index (κ3) is 4.77. The number of amides is 2. The van der Waals surface area contributed by atoms with Crippen LogP contribution in [0.1, 0.15) is 22.0 Å². The monoisotopic (exact) mass is 470 g/mol. The lowest BCUT2D eigenvalue weighted by Gasteiger charge is -2.36. The number of carbonyl (C=O) groups excluding carboxylic acids is 1. The molecular weight excluding hydrogens is 456 g/mol. The number of fused-ring (bicyclic) bond motifs is 1. The van der Waals surface area contributed by atoms with Gasteiger partial charge in [-0.1, -0.05) is 23.7 Å². The summed E-state index contributed by atoms with van der Waals surface area (Å²) in [6, 6.07) is 10.9. The lowest BCUT2D eigenvalue weighted by molar-refractivity contribution is -0.275. The van der Waals surface area contributed by atoms with Gasteiger partial charge in [-0.05, 0) is 53.3 Å². The smallest absolute Gasteiger partial charge is 0.403 e. The Morgan fingerprint density at radius 2 is 1.90 bits per heavy atom. The summed E-state index contributed by atoms with van der Waals surface area (Å²) in [5.74, 6) is -2.20. The van der Waals surface area contributed by atoms with E-state index in [-0.39, 0.29) is 5.69 Å². The molecule has 0 fully saturated rings. The van der Waals surface area contributed by atoms with Crippen LogP contribution in [0.5, 0.6) is 5.75 Å². The molecule has 0 saturated carbocycles. The van der Waals surface area contributed by atoms with Crippen molar-refractivity contribution in [3.63, 3.8) is 0 Å². The predicted octanol–water partition coefficient (Wildman–Crippen LogP) is 6.62. The highest BCUT2D eigenvalue weighted by atomic mass is 35.5. The van der Waals surface area contributed by atoms with E-state index in [2.05, 4.69) is 10.1 Å². The second-order valence-corrected chi connectivity index (χ2v) is 8.26. The van der Waals surface area contributed by atoms with Crippen LogP contribution in [0.2, 0.25) is 5.02 Å². The fraction of sp³-hybridized carbons (Fsp3) is 0.190. The van der Waals surface area contributed by atoms with E-state index < -0.39 is 30.0 Å². The highest BCUT2D eigenvalue weighted by Gasteiger charge is 2.34. The van der Waals surface area contributed by atoms with Crippen molar-refractivity contribution in [1.29, 1.82) is 0 Å². The van der Waals surface area contributed by atoms with Gasteiger partial charge >= 0.3 is 12.4 Å². The summed E-state index contributed by atoms with van der Waals surface area (Å²) < 4.78 is 54.8.